The molecule has 82 valence electrons. The van der Waals surface area contributed by atoms with Crippen LogP contribution < -0.4 is 15.2 Å². The van der Waals surface area contributed by atoms with E-state index >= 15 is 0 Å². The van der Waals surface area contributed by atoms with Crippen LogP contribution in [0.5, 0.6) is 11.6 Å². The number of ether oxygens (including phenoxy) is 2. The van der Waals surface area contributed by atoms with Crippen LogP contribution in [0.4, 0.5) is 0 Å². The second-order valence-corrected chi connectivity index (χ2v) is 2.17. The zero-order chi connectivity index (χ0) is 8.81. The molecule has 0 fully saturated rings. The first-order valence-corrected chi connectivity index (χ1v) is 3.69. The van der Waals surface area contributed by atoms with Gasteiger partial charge in [-0.15, -0.1) is 24.8 Å². The van der Waals surface area contributed by atoms with Crippen LogP contribution >= 0.6 is 24.8 Å². The number of nitrogens with zero attached hydrogens (tertiary/aromatic N) is 1. The van der Waals surface area contributed by atoms with Crippen LogP contribution in [-0.2, 0) is 0 Å². The van der Waals surface area contributed by atoms with Crippen LogP contribution in [0.15, 0.2) is 18.3 Å². The molecule has 0 aliphatic rings. The van der Waals surface area contributed by atoms with E-state index in [4.69, 9.17) is 15.2 Å². The van der Waals surface area contributed by atoms with Crippen molar-refractivity contribution in [3.8, 4) is 11.6 Å². The number of halogens is 2. The van der Waals surface area contributed by atoms with Gasteiger partial charge in [-0.1, -0.05) is 0 Å². The maximum Gasteiger partial charge on any atom is 0.213 e. The van der Waals surface area contributed by atoms with E-state index in [1.165, 1.54) is 0 Å². The summed E-state index contributed by atoms with van der Waals surface area (Å²) in [6.45, 7) is 1.01. The lowest BCUT2D eigenvalue weighted by Gasteiger charge is -2.03. The zero-order valence-corrected chi connectivity index (χ0v) is 9.44. The molecule has 1 heterocycles. The molecular formula is C8H14Cl2N2O2. The molecule has 4 nitrogen and oxygen atoms in total. The van der Waals surface area contributed by atoms with E-state index in [1.807, 2.05) is 0 Å². The summed E-state index contributed by atoms with van der Waals surface area (Å²) in [5.41, 5.74) is 5.26. The van der Waals surface area contributed by atoms with Gasteiger partial charge in [-0.25, -0.2) is 4.98 Å². The van der Waals surface area contributed by atoms with E-state index < -0.39 is 0 Å². The quantitative estimate of drug-likeness (QED) is 0.862. The molecule has 2 N–H and O–H groups in total. The van der Waals surface area contributed by atoms with Gasteiger partial charge in [0.1, 0.15) is 12.4 Å². The fourth-order valence-electron chi connectivity index (χ4n) is 0.750. The Morgan fingerprint density at radius 2 is 2.07 bits per heavy atom. The molecule has 0 aromatic carbocycles. The molecule has 6 heteroatoms. The predicted octanol–water partition coefficient (Wildman–Crippen LogP) is 1.27. The molecule has 0 bridgehead atoms. The van der Waals surface area contributed by atoms with Gasteiger partial charge in [-0.05, 0) is 6.07 Å². The smallest absolute Gasteiger partial charge is 0.213 e. The van der Waals surface area contributed by atoms with Crippen LogP contribution in [0.2, 0.25) is 0 Å². The lowest BCUT2D eigenvalue weighted by Crippen LogP contribution is -2.10. The second-order valence-electron chi connectivity index (χ2n) is 2.17. The third-order valence-electron chi connectivity index (χ3n) is 1.30. The van der Waals surface area contributed by atoms with Crippen molar-refractivity contribution in [3.63, 3.8) is 0 Å². The van der Waals surface area contributed by atoms with Crippen LogP contribution in [0, 0.1) is 0 Å². The molecular weight excluding hydrogens is 227 g/mol. The van der Waals surface area contributed by atoms with Gasteiger partial charge in [0.2, 0.25) is 5.88 Å². The minimum atomic E-state index is 0. The number of nitrogens with two attached hydrogens (primary N) is 1. The van der Waals surface area contributed by atoms with Crippen molar-refractivity contribution in [2.75, 3.05) is 20.3 Å². The molecule has 1 aromatic rings. The molecule has 0 unspecified atom stereocenters. The minimum Gasteiger partial charge on any atom is -0.491 e. The molecule has 0 amide bonds. The van der Waals surface area contributed by atoms with Crippen LogP contribution in [0.25, 0.3) is 0 Å². The number of hydrogen-bond acceptors (Lipinski definition) is 4. The average molecular weight is 241 g/mol. The summed E-state index contributed by atoms with van der Waals surface area (Å²) < 4.78 is 10.1. The predicted molar refractivity (Wildman–Crippen MR) is 59.8 cm³/mol. The van der Waals surface area contributed by atoms with Crippen LogP contribution in [0.1, 0.15) is 0 Å². The summed E-state index contributed by atoms with van der Waals surface area (Å²) in [6, 6.07) is 3.54. The molecule has 14 heavy (non-hydrogen) atoms. The molecule has 0 saturated carbocycles. The summed E-state index contributed by atoms with van der Waals surface area (Å²) in [5, 5.41) is 0. The highest BCUT2D eigenvalue weighted by Gasteiger charge is 1.94. The topological polar surface area (TPSA) is 57.4 Å². The number of rotatable bonds is 4. The minimum absolute atomic E-state index is 0. The molecule has 1 aromatic heterocycles. The van der Waals surface area contributed by atoms with Gasteiger partial charge >= 0.3 is 0 Å². The second kappa shape index (κ2) is 8.87. The highest BCUT2D eigenvalue weighted by Crippen LogP contribution is 2.12. The third kappa shape index (κ3) is 5.11. The summed E-state index contributed by atoms with van der Waals surface area (Å²) in [5.74, 6) is 1.29. The summed E-state index contributed by atoms with van der Waals surface area (Å²) in [7, 11) is 1.57. The van der Waals surface area contributed by atoms with Gasteiger partial charge in [0, 0.05) is 12.6 Å². The molecule has 0 radical (unpaired) electrons. The fourth-order valence-corrected chi connectivity index (χ4v) is 0.750. The van der Waals surface area contributed by atoms with Crippen LogP contribution in [0.3, 0.4) is 0 Å². The van der Waals surface area contributed by atoms with E-state index in [0.29, 0.717) is 24.8 Å². The summed E-state index contributed by atoms with van der Waals surface area (Å²) >= 11 is 0. The Bertz CT molecular complexity index is 231. The summed E-state index contributed by atoms with van der Waals surface area (Å²) in [6.07, 6.45) is 1.61. The molecule has 0 saturated heterocycles. The Labute approximate surface area is 95.6 Å². The number of aromatic nitrogens is 1. The Morgan fingerprint density at radius 3 is 2.50 bits per heavy atom. The third-order valence-corrected chi connectivity index (χ3v) is 1.30. The normalized spacial score (nSPS) is 8.14. The first-order chi connectivity index (χ1) is 5.86. The molecule has 0 aliphatic carbocycles. The van der Waals surface area contributed by atoms with E-state index in [2.05, 4.69) is 4.98 Å². The maximum absolute atomic E-state index is 5.26. The summed E-state index contributed by atoms with van der Waals surface area (Å²) in [4.78, 5) is 3.96. The lowest BCUT2D eigenvalue weighted by molar-refractivity contribution is 0.324. The van der Waals surface area contributed by atoms with Crippen molar-refractivity contribution in [2.45, 2.75) is 0 Å². The van der Waals surface area contributed by atoms with E-state index in [0.717, 1.165) is 0 Å². The van der Waals surface area contributed by atoms with Gasteiger partial charge in [0.15, 0.2) is 0 Å². The van der Waals surface area contributed by atoms with Gasteiger partial charge in [-0.2, -0.15) is 0 Å². The Balaban J connectivity index is 0. The number of hydrogen-bond donors (Lipinski definition) is 1. The van der Waals surface area contributed by atoms with Crippen molar-refractivity contribution >= 4 is 24.8 Å². The highest BCUT2D eigenvalue weighted by molar-refractivity contribution is 5.85. The van der Waals surface area contributed by atoms with Crippen LogP contribution in [-0.4, -0.2) is 25.2 Å². The van der Waals surface area contributed by atoms with Crippen molar-refractivity contribution in [2.24, 2.45) is 5.73 Å². The fraction of sp³-hybridized carbons (Fsp3) is 0.375. The molecule has 0 atom stereocenters. The van der Waals surface area contributed by atoms with Crippen molar-refractivity contribution in [1.82, 2.24) is 4.98 Å². The molecule has 0 aliphatic heterocycles. The van der Waals surface area contributed by atoms with Gasteiger partial charge in [-0.3, -0.25) is 0 Å². The van der Waals surface area contributed by atoms with Gasteiger partial charge in [0.05, 0.1) is 13.3 Å². The lowest BCUT2D eigenvalue weighted by atomic mass is 10.4. The largest absolute Gasteiger partial charge is 0.491 e. The van der Waals surface area contributed by atoms with E-state index in [9.17, 15) is 0 Å². The van der Waals surface area contributed by atoms with Gasteiger partial charge in [0.25, 0.3) is 0 Å². The SMILES string of the molecule is COc1ccc(OCCN)cn1.Cl.Cl. The highest BCUT2D eigenvalue weighted by atomic mass is 35.5. The van der Waals surface area contributed by atoms with Crippen molar-refractivity contribution in [3.05, 3.63) is 18.3 Å². The molecule has 0 spiro atoms. The first-order valence-electron chi connectivity index (χ1n) is 3.69. The Kier molecular flexibility index (Phi) is 9.98. The Morgan fingerprint density at radius 1 is 1.36 bits per heavy atom. The van der Waals surface area contributed by atoms with E-state index in [1.54, 1.807) is 25.4 Å². The first kappa shape index (κ1) is 15.7. The average Bonchev–Trinajstić information content (AvgIpc) is 2.15. The monoisotopic (exact) mass is 240 g/mol. The van der Waals surface area contributed by atoms with Crippen molar-refractivity contribution < 1.29 is 9.47 Å². The number of pyridine rings is 1. The Hall–Kier alpha value is -0.710. The van der Waals surface area contributed by atoms with E-state index in [-0.39, 0.29) is 24.8 Å². The zero-order valence-electron chi connectivity index (χ0n) is 7.80. The van der Waals surface area contributed by atoms with Crippen molar-refractivity contribution in [1.29, 1.82) is 0 Å². The van der Waals surface area contributed by atoms with Gasteiger partial charge < -0.3 is 15.2 Å². The maximum atomic E-state index is 5.26. The standard InChI is InChI=1S/C8H12N2O2.2ClH/c1-11-8-3-2-7(6-10-8)12-5-4-9;;/h2-3,6H,4-5,9H2,1H3;2*1H. The molecule has 1 rings (SSSR count). The number of methoxy groups -OCH3 is 1.